The molecule has 1 saturated heterocycles. The van der Waals surface area contributed by atoms with Crippen LogP contribution in [0.25, 0.3) is 0 Å². The molecule has 1 rings (SSSR count). The van der Waals surface area contributed by atoms with E-state index < -0.39 is 18.1 Å². The normalized spacial score (nSPS) is 19.9. The number of rotatable bonds is 5. The Bertz CT molecular complexity index is 381. The van der Waals surface area contributed by atoms with Gasteiger partial charge in [-0.2, -0.15) is 0 Å². The van der Waals surface area contributed by atoms with Crippen molar-refractivity contribution in [3.8, 4) is 0 Å². The van der Waals surface area contributed by atoms with Crippen molar-refractivity contribution < 1.29 is 19.1 Å². The summed E-state index contributed by atoms with van der Waals surface area (Å²) in [7, 11) is 1.30. The molecule has 0 unspecified atom stereocenters. The van der Waals surface area contributed by atoms with Gasteiger partial charge in [0.05, 0.1) is 7.11 Å². The van der Waals surface area contributed by atoms with Crippen LogP contribution in [0.15, 0.2) is 0 Å². The summed E-state index contributed by atoms with van der Waals surface area (Å²) in [6, 6.07) is -1.12. The summed E-state index contributed by atoms with van der Waals surface area (Å²) < 4.78 is 4.72. The number of nitrogens with zero attached hydrogens (tertiary/aromatic N) is 1. The molecule has 1 aliphatic heterocycles. The van der Waals surface area contributed by atoms with E-state index in [2.05, 4.69) is 5.32 Å². The van der Waals surface area contributed by atoms with Crippen molar-refractivity contribution in [3.63, 3.8) is 0 Å². The molecule has 0 aromatic rings. The van der Waals surface area contributed by atoms with Gasteiger partial charge in [0.1, 0.15) is 12.1 Å². The van der Waals surface area contributed by atoms with E-state index in [4.69, 9.17) is 4.74 Å². The summed E-state index contributed by atoms with van der Waals surface area (Å²) >= 11 is 0. The third-order valence-electron chi connectivity index (χ3n) is 3.47. The van der Waals surface area contributed by atoms with Gasteiger partial charge in [0.25, 0.3) is 0 Å². The van der Waals surface area contributed by atoms with Crippen molar-refractivity contribution in [2.75, 3.05) is 13.7 Å². The van der Waals surface area contributed by atoms with E-state index in [1.807, 2.05) is 13.8 Å². The van der Waals surface area contributed by atoms with Crippen LogP contribution in [-0.4, -0.2) is 48.4 Å². The van der Waals surface area contributed by atoms with Crippen LogP contribution < -0.4 is 5.32 Å². The Morgan fingerprint density at radius 3 is 2.50 bits per heavy atom. The van der Waals surface area contributed by atoms with E-state index in [1.165, 1.54) is 14.0 Å². The molecule has 114 valence electrons. The minimum Gasteiger partial charge on any atom is -0.467 e. The smallest absolute Gasteiger partial charge is 0.328 e. The first-order chi connectivity index (χ1) is 9.36. The Morgan fingerprint density at radius 2 is 2.00 bits per heavy atom. The SMILES string of the molecule is COC(=O)[C@H](CC(C)C)NC(=O)[C@@H]1CCCN1C(C)=O. The average Bonchev–Trinajstić information content (AvgIpc) is 2.85. The molecule has 2 atom stereocenters. The first kappa shape index (κ1) is 16.5. The molecule has 0 radical (unpaired) electrons. The van der Waals surface area contributed by atoms with Gasteiger partial charge in [-0.15, -0.1) is 0 Å². The molecule has 6 nitrogen and oxygen atoms in total. The lowest BCUT2D eigenvalue weighted by atomic mass is 10.0. The Kier molecular flexibility index (Phi) is 5.98. The number of hydrogen-bond acceptors (Lipinski definition) is 4. The minimum absolute atomic E-state index is 0.110. The van der Waals surface area contributed by atoms with E-state index >= 15 is 0 Å². The molecular formula is C14H24N2O4. The van der Waals surface area contributed by atoms with Crippen molar-refractivity contribution in [1.82, 2.24) is 10.2 Å². The van der Waals surface area contributed by atoms with Crippen LogP contribution in [-0.2, 0) is 19.1 Å². The number of ether oxygens (including phenoxy) is 1. The summed E-state index contributed by atoms with van der Waals surface area (Å²) in [5.41, 5.74) is 0. The fraction of sp³-hybridized carbons (Fsp3) is 0.786. The van der Waals surface area contributed by atoms with E-state index in [0.717, 1.165) is 6.42 Å². The summed E-state index contributed by atoms with van der Waals surface area (Å²) in [6.45, 7) is 6.00. The molecule has 6 heteroatoms. The molecule has 1 N–H and O–H groups in total. The molecule has 1 heterocycles. The maximum atomic E-state index is 12.3. The fourth-order valence-corrected chi connectivity index (χ4v) is 2.51. The van der Waals surface area contributed by atoms with Gasteiger partial charge in [-0.3, -0.25) is 9.59 Å². The fourth-order valence-electron chi connectivity index (χ4n) is 2.51. The van der Waals surface area contributed by atoms with E-state index in [-0.39, 0.29) is 17.7 Å². The van der Waals surface area contributed by atoms with Gasteiger partial charge in [0.15, 0.2) is 0 Å². The number of esters is 1. The second-order valence-corrected chi connectivity index (χ2v) is 5.58. The largest absolute Gasteiger partial charge is 0.467 e. The number of hydrogen-bond donors (Lipinski definition) is 1. The van der Waals surface area contributed by atoms with Gasteiger partial charge in [-0.1, -0.05) is 13.8 Å². The van der Waals surface area contributed by atoms with Gasteiger partial charge in [-0.25, -0.2) is 4.79 Å². The summed E-state index contributed by atoms with van der Waals surface area (Å²) in [5.74, 6) is -0.568. The molecule has 0 aliphatic carbocycles. The number of amides is 2. The molecular weight excluding hydrogens is 260 g/mol. The molecule has 0 saturated carbocycles. The van der Waals surface area contributed by atoms with Gasteiger partial charge < -0.3 is 15.0 Å². The Labute approximate surface area is 119 Å². The van der Waals surface area contributed by atoms with Crippen LogP contribution in [0.3, 0.4) is 0 Å². The molecule has 20 heavy (non-hydrogen) atoms. The van der Waals surface area contributed by atoms with Crippen LogP contribution in [0.1, 0.15) is 40.0 Å². The number of methoxy groups -OCH3 is 1. The highest BCUT2D eigenvalue weighted by atomic mass is 16.5. The van der Waals surface area contributed by atoms with Crippen LogP contribution >= 0.6 is 0 Å². The summed E-state index contributed by atoms with van der Waals surface area (Å²) in [4.78, 5) is 37.0. The molecule has 0 aromatic carbocycles. The Balaban J connectivity index is 2.70. The van der Waals surface area contributed by atoms with Crippen molar-refractivity contribution in [1.29, 1.82) is 0 Å². The van der Waals surface area contributed by atoms with Crippen LogP contribution in [0, 0.1) is 5.92 Å². The highest BCUT2D eigenvalue weighted by Crippen LogP contribution is 2.18. The number of carbonyl (C=O) groups is 3. The zero-order chi connectivity index (χ0) is 15.3. The lowest BCUT2D eigenvalue weighted by molar-refractivity contribution is -0.146. The van der Waals surface area contributed by atoms with Crippen molar-refractivity contribution >= 4 is 17.8 Å². The minimum atomic E-state index is -0.651. The Morgan fingerprint density at radius 1 is 1.35 bits per heavy atom. The van der Waals surface area contributed by atoms with E-state index in [1.54, 1.807) is 4.90 Å². The van der Waals surface area contributed by atoms with E-state index in [0.29, 0.717) is 19.4 Å². The molecule has 0 bridgehead atoms. The highest BCUT2D eigenvalue weighted by Gasteiger charge is 2.34. The lowest BCUT2D eigenvalue weighted by Gasteiger charge is -2.25. The summed E-state index contributed by atoms with van der Waals surface area (Å²) in [6.07, 6.45) is 1.97. The van der Waals surface area contributed by atoms with Crippen LogP contribution in [0.5, 0.6) is 0 Å². The first-order valence-electron chi connectivity index (χ1n) is 7.02. The molecule has 2 amide bonds. The lowest BCUT2D eigenvalue weighted by Crippen LogP contribution is -2.51. The quantitative estimate of drug-likeness (QED) is 0.754. The van der Waals surface area contributed by atoms with Gasteiger partial charge in [-0.05, 0) is 25.2 Å². The third-order valence-corrected chi connectivity index (χ3v) is 3.47. The summed E-state index contributed by atoms with van der Waals surface area (Å²) in [5, 5.41) is 2.72. The predicted octanol–water partition coefficient (Wildman–Crippen LogP) is 0.701. The topological polar surface area (TPSA) is 75.7 Å². The second-order valence-electron chi connectivity index (χ2n) is 5.58. The molecule has 0 spiro atoms. The predicted molar refractivity (Wildman–Crippen MR) is 73.8 cm³/mol. The number of likely N-dealkylation sites (tertiary alicyclic amines) is 1. The molecule has 1 aliphatic rings. The highest BCUT2D eigenvalue weighted by molar-refractivity contribution is 5.90. The van der Waals surface area contributed by atoms with Crippen molar-refractivity contribution in [3.05, 3.63) is 0 Å². The third kappa shape index (κ3) is 4.21. The van der Waals surface area contributed by atoms with Gasteiger partial charge in [0.2, 0.25) is 11.8 Å². The monoisotopic (exact) mass is 284 g/mol. The van der Waals surface area contributed by atoms with Gasteiger partial charge in [0, 0.05) is 13.5 Å². The second kappa shape index (κ2) is 7.26. The maximum Gasteiger partial charge on any atom is 0.328 e. The molecule has 0 aromatic heterocycles. The Hall–Kier alpha value is -1.59. The van der Waals surface area contributed by atoms with Crippen molar-refractivity contribution in [2.45, 2.75) is 52.1 Å². The first-order valence-corrected chi connectivity index (χ1v) is 7.02. The standard InChI is InChI=1S/C14H24N2O4/c1-9(2)8-11(14(19)20-4)15-13(18)12-6-5-7-16(12)10(3)17/h9,11-12H,5-8H2,1-4H3,(H,15,18)/t11-,12-/m0/s1. The van der Waals surface area contributed by atoms with Crippen molar-refractivity contribution in [2.24, 2.45) is 5.92 Å². The van der Waals surface area contributed by atoms with Gasteiger partial charge >= 0.3 is 5.97 Å². The average molecular weight is 284 g/mol. The number of carbonyl (C=O) groups excluding carboxylic acids is 3. The zero-order valence-electron chi connectivity index (χ0n) is 12.6. The zero-order valence-corrected chi connectivity index (χ0v) is 12.6. The van der Waals surface area contributed by atoms with Crippen LogP contribution in [0.2, 0.25) is 0 Å². The van der Waals surface area contributed by atoms with Crippen LogP contribution in [0.4, 0.5) is 0 Å². The van der Waals surface area contributed by atoms with E-state index in [9.17, 15) is 14.4 Å². The maximum absolute atomic E-state index is 12.3. The molecule has 1 fully saturated rings. The number of nitrogens with one attached hydrogen (secondary N) is 1.